The van der Waals surface area contributed by atoms with Crippen LogP contribution in [0, 0.1) is 0 Å². The molecule has 1 aromatic heterocycles. The average molecular weight is 341 g/mol. The van der Waals surface area contributed by atoms with Gasteiger partial charge in [0.2, 0.25) is 0 Å². The molecule has 0 spiro atoms. The van der Waals surface area contributed by atoms with E-state index in [1.807, 2.05) is 6.07 Å². The number of hydrogen-bond donors (Lipinski definition) is 1. The summed E-state index contributed by atoms with van der Waals surface area (Å²) in [5.41, 5.74) is 0.939. The molecule has 0 amide bonds. The lowest BCUT2D eigenvalue weighted by Gasteiger charge is -2.36. The number of rotatable bonds is 4. The summed E-state index contributed by atoms with van der Waals surface area (Å²) in [6.07, 6.45) is 1.33. The van der Waals surface area contributed by atoms with E-state index in [-0.39, 0.29) is 11.1 Å². The topological polar surface area (TPSA) is 73.7 Å². The lowest BCUT2D eigenvalue weighted by molar-refractivity contribution is 0.122. The molecule has 1 aromatic rings. The lowest BCUT2D eigenvalue weighted by Crippen LogP contribution is -2.48. The summed E-state index contributed by atoms with van der Waals surface area (Å²) in [5, 5.41) is 9.56. The zero-order valence-electron chi connectivity index (χ0n) is 14.4. The van der Waals surface area contributed by atoms with Gasteiger partial charge in [0.25, 0.3) is 0 Å². The Morgan fingerprint density at radius 3 is 2.26 bits per heavy atom. The summed E-state index contributed by atoms with van der Waals surface area (Å²) in [4.78, 5) is 8.60. The number of anilines is 1. The monoisotopic (exact) mass is 341 g/mol. The number of piperazine rings is 1. The summed E-state index contributed by atoms with van der Waals surface area (Å²) < 4.78 is 23.9. The Morgan fingerprint density at radius 1 is 1.22 bits per heavy atom. The first-order valence-corrected chi connectivity index (χ1v) is 9.45. The molecule has 7 heteroatoms. The third-order valence-corrected chi connectivity index (χ3v) is 6.47. The van der Waals surface area contributed by atoms with Crippen molar-refractivity contribution in [1.29, 1.82) is 0 Å². The molecule has 0 radical (unpaired) electrons. The van der Waals surface area contributed by atoms with Crippen molar-refractivity contribution in [1.82, 2.24) is 9.88 Å². The average Bonchev–Trinajstić information content (AvgIpc) is 2.46. The second-order valence-electron chi connectivity index (χ2n) is 7.11. The first kappa shape index (κ1) is 18.2. The second kappa shape index (κ2) is 6.75. The highest BCUT2D eigenvalue weighted by molar-refractivity contribution is 7.92. The van der Waals surface area contributed by atoms with Gasteiger partial charge in [-0.25, -0.2) is 13.4 Å². The summed E-state index contributed by atoms with van der Waals surface area (Å²) in [5.74, 6) is 0. The third-order valence-electron chi connectivity index (χ3n) is 4.06. The molecule has 0 aliphatic carbocycles. The van der Waals surface area contributed by atoms with E-state index in [0.717, 1.165) is 31.9 Å². The predicted molar refractivity (Wildman–Crippen MR) is 91.5 cm³/mol. The van der Waals surface area contributed by atoms with Gasteiger partial charge in [-0.1, -0.05) is 0 Å². The molecule has 1 aliphatic rings. The number of hydrogen-bond acceptors (Lipinski definition) is 6. The van der Waals surface area contributed by atoms with Crippen LogP contribution in [0.2, 0.25) is 0 Å². The van der Waals surface area contributed by atoms with E-state index in [1.54, 1.807) is 40.0 Å². The Morgan fingerprint density at radius 2 is 1.83 bits per heavy atom. The van der Waals surface area contributed by atoms with Gasteiger partial charge in [0, 0.05) is 32.7 Å². The van der Waals surface area contributed by atoms with Crippen molar-refractivity contribution in [2.24, 2.45) is 0 Å². The Bertz CT molecular complexity index is 613. The minimum atomic E-state index is -3.41. The van der Waals surface area contributed by atoms with Gasteiger partial charge in [0.15, 0.2) is 14.9 Å². The highest BCUT2D eigenvalue weighted by atomic mass is 32.2. The third kappa shape index (κ3) is 4.22. The molecule has 1 aliphatic heterocycles. The van der Waals surface area contributed by atoms with E-state index in [1.165, 1.54) is 0 Å². The molecule has 2 heterocycles. The van der Waals surface area contributed by atoms with Crippen molar-refractivity contribution < 1.29 is 13.5 Å². The molecule has 0 saturated carbocycles. The van der Waals surface area contributed by atoms with Crippen LogP contribution in [-0.2, 0) is 9.84 Å². The van der Waals surface area contributed by atoms with Gasteiger partial charge >= 0.3 is 0 Å². The molecule has 0 bridgehead atoms. The van der Waals surface area contributed by atoms with Crippen LogP contribution in [0.15, 0.2) is 23.4 Å². The Labute approximate surface area is 139 Å². The van der Waals surface area contributed by atoms with Gasteiger partial charge < -0.3 is 10.0 Å². The van der Waals surface area contributed by atoms with Crippen molar-refractivity contribution in [2.75, 3.05) is 37.6 Å². The molecule has 1 N–H and O–H groups in total. The van der Waals surface area contributed by atoms with Crippen molar-refractivity contribution in [2.45, 2.75) is 43.6 Å². The molecule has 0 unspecified atom stereocenters. The lowest BCUT2D eigenvalue weighted by atomic mass is 10.2. The Kier molecular flexibility index (Phi) is 5.33. The molecule has 1 fully saturated rings. The maximum absolute atomic E-state index is 12.4. The molecule has 1 saturated heterocycles. The number of β-amino-alcohol motifs (C(OH)–C–C–N with tert-alkyl or cyclic N) is 1. The highest BCUT2D eigenvalue weighted by Gasteiger charge is 2.32. The summed E-state index contributed by atoms with van der Waals surface area (Å²) in [7, 11) is -3.41. The summed E-state index contributed by atoms with van der Waals surface area (Å²) >= 11 is 0. The zero-order valence-corrected chi connectivity index (χ0v) is 15.2. The first-order chi connectivity index (χ1) is 10.6. The fourth-order valence-electron chi connectivity index (χ4n) is 2.59. The maximum atomic E-state index is 12.4. The van der Waals surface area contributed by atoms with E-state index in [0.29, 0.717) is 6.54 Å². The van der Waals surface area contributed by atoms with Crippen LogP contribution in [0.5, 0.6) is 0 Å². The van der Waals surface area contributed by atoms with E-state index in [4.69, 9.17) is 0 Å². The standard InChI is InChI=1S/C16H27N3O3S/c1-13(20)12-18-7-9-19(10-8-18)14-5-6-15(17-11-14)23(21,22)16(2,3)4/h5-6,11,13,20H,7-10,12H2,1-4H3/t13-/m1/s1. The summed E-state index contributed by atoms with van der Waals surface area (Å²) in [6, 6.07) is 3.42. The van der Waals surface area contributed by atoms with Gasteiger partial charge in [0.1, 0.15) is 0 Å². The molecule has 1 atom stereocenters. The van der Waals surface area contributed by atoms with Crippen LogP contribution in [0.25, 0.3) is 0 Å². The maximum Gasteiger partial charge on any atom is 0.200 e. The van der Waals surface area contributed by atoms with E-state index < -0.39 is 14.6 Å². The Hall–Kier alpha value is -1.18. The molecular weight excluding hydrogens is 314 g/mol. The molecular formula is C16H27N3O3S. The minimum absolute atomic E-state index is 0.126. The van der Waals surface area contributed by atoms with E-state index in [9.17, 15) is 13.5 Å². The van der Waals surface area contributed by atoms with Gasteiger partial charge in [-0.15, -0.1) is 0 Å². The number of sulfone groups is 1. The van der Waals surface area contributed by atoms with Crippen LogP contribution < -0.4 is 4.90 Å². The predicted octanol–water partition coefficient (Wildman–Crippen LogP) is 1.16. The fourth-order valence-corrected chi connectivity index (χ4v) is 3.66. The van der Waals surface area contributed by atoms with Crippen molar-refractivity contribution in [3.8, 4) is 0 Å². The minimum Gasteiger partial charge on any atom is -0.392 e. The van der Waals surface area contributed by atoms with Crippen molar-refractivity contribution in [3.05, 3.63) is 18.3 Å². The van der Waals surface area contributed by atoms with Crippen LogP contribution >= 0.6 is 0 Å². The molecule has 130 valence electrons. The van der Waals surface area contributed by atoms with Gasteiger partial charge in [-0.2, -0.15) is 0 Å². The van der Waals surface area contributed by atoms with Crippen LogP contribution in [0.1, 0.15) is 27.7 Å². The van der Waals surface area contributed by atoms with E-state index in [2.05, 4.69) is 14.8 Å². The molecule has 0 aromatic carbocycles. The number of nitrogens with zero attached hydrogens (tertiary/aromatic N) is 3. The number of pyridine rings is 1. The smallest absolute Gasteiger partial charge is 0.200 e. The van der Waals surface area contributed by atoms with E-state index >= 15 is 0 Å². The molecule has 2 rings (SSSR count). The SMILES string of the molecule is C[C@@H](O)CN1CCN(c2ccc(S(=O)(=O)C(C)(C)C)nc2)CC1. The quantitative estimate of drug-likeness (QED) is 0.886. The number of aliphatic hydroxyl groups is 1. The van der Waals surface area contributed by atoms with Crippen LogP contribution in [0.4, 0.5) is 5.69 Å². The molecule has 6 nitrogen and oxygen atoms in total. The van der Waals surface area contributed by atoms with Gasteiger partial charge in [0.05, 0.1) is 22.7 Å². The number of aromatic nitrogens is 1. The fraction of sp³-hybridized carbons (Fsp3) is 0.688. The Balaban J connectivity index is 2.04. The van der Waals surface area contributed by atoms with Gasteiger partial charge in [-0.05, 0) is 39.8 Å². The molecule has 23 heavy (non-hydrogen) atoms. The van der Waals surface area contributed by atoms with Crippen molar-refractivity contribution in [3.63, 3.8) is 0 Å². The van der Waals surface area contributed by atoms with Crippen LogP contribution in [0.3, 0.4) is 0 Å². The largest absolute Gasteiger partial charge is 0.392 e. The zero-order chi connectivity index (χ0) is 17.3. The first-order valence-electron chi connectivity index (χ1n) is 7.97. The number of aliphatic hydroxyl groups excluding tert-OH is 1. The summed E-state index contributed by atoms with van der Waals surface area (Å²) in [6.45, 7) is 11.0. The highest BCUT2D eigenvalue weighted by Crippen LogP contribution is 2.25. The normalized spacial score (nSPS) is 18.9. The van der Waals surface area contributed by atoms with Gasteiger partial charge in [-0.3, -0.25) is 4.90 Å². The van der Waals surface area contributed by atoms with Crippen LogP contribution in [-0.4, -0.2) is 67.0 Å². The van der Waals surface area contributed by atoms with Crippen molar-refractivity contribution >= 4 is 15.5 Å². The second-order valence-corrected chi connectivity index (χ2v) is 9.76.